The number of piperidine rings is 1. The van der Waals surface area contributed by atoms with Crippen LogP contribution in [-0.4, -0.2) is 67.1 Å². The molecule has 0 spiro atoms. The zero-order chi connectivity index (χ0) is 23.4. The summed E-state index contributed by atoms with van der Waals surface area (Å²) in [6.07, 6.45) is 3.94. The molecule has 1 amide bonds. The highest BCUT2D eigenvalue weighted by Gasteiger charge is 2.30. The zero-order valence-corrected chi connectivity index (χ0v) is 20.0. The summed E-state index contributed by atoms with van der Waals surface area (Å²) >= 11 is 0. The molecule has 2 aliphatic rings. The predicted molar refractivity (Wildman–Crippen MR) is 121 cm³/mol. The maximum atomic E-state index is 14.4. The first kappa shape index (κ1) is 24.5. The monoisotopic (exact) mass is 448 g/mol. The van der Waals surface area contributed by atoms with Gasteiger partial charge in [-0.15, -0.1) is 0 Å². The third-order valence-electron chi connectivity index (χ3n) is 6.46. The molecule has 0 radical (unpaired) electrons. The Morgan fingerprint density at radius 2 is 1.72 bits per heavy atom. The van der Waals surface area contributed by atoms with Gasteiger partial charge < -0.3 is 14.4 Å². The van der Waals surface area contributed by atoms with E-state index in [1.807, 2.05) is 4.90 Å². The summed E-state index contributed by atoms with van der Waals surface area (Å²) in [5.41, 5.74) is 0.869. The molecule has 1 aliphatic carbocycles. The van der Waals surface area contributed by atoms with E-state index in [4.69, 9.17) is 9.47 Å². The second-order valence-corrected chi connectivity index (χ2v) is 9.65. The second-order valence-electron chi connectivity index (χ2n) is 9.65. The normalized spacial score (nSPS) is 17.6. The molecule has 1 saturated carbocycles. The minimum absolute atomic E-state index is 0.0310. The zero-order valence-electron chi connectivity index (χ0n) is 20.0. The Labute approximate surface area is 191 Å². The lowest BCUT2D eigenvalue weighted by molar-refractivity contribution is -0.136. The molecule has 0 bridgehead atoms. The Morgan fingerprint density at radius 1 is 1.09 bits per heavy atom. The first-order valence-electron chi connectivity index (χ1n) is 11.8. The number of nitrogens with zero attached hydrogens (tertiary/aromatic N) is 2. The predicted octanol–water partition coefficient (Wildman–Crippen LogP) is 4.23. The van der Waals surface area contributed by atoms with E-state index in [-0.39, 0.29) is 23.6 Å². The number of esters is 1. The number of carbonyl (C=O) groups excluding carboxylic acids is 2. The lowest BCUT2D eigenvalue weighted by atomic mass is 9.97. The van der Waals surface area contributed by atoms with Crippen molar-refractivity contribution in [2.45, 2.75) is 71.4 Å². The van der Waals surface area contributed by atoms with Crippen molar-refractivity contribution in [1.29, 1.82) is 0 Å². The molecular weight excluding hydrogens is 411 g/mol. The number of halogens is 1. The van der Waals surface area contributed by atoms with Crippen LogP contribution in [0.1, 0.15) is 75.2 Å². The third-order valence-corrected chi connectivity index (χ3v) is 6.46. The fourth-order valence-corrected chi connectivity index (χ4v) is 4.64. The largest absolute Gasteiger partial charge is 0.493 e. The Balaban J connectivity index is 1.54. The summed E-state index contributed by atoms with van der Waals surface area (Å²) in [7, 11) is 1.26. The molecule has 178 valence electrons. The smallest absolute Gasteiger partial charge is 0.340 e. The van der Waals surface area contributed by atoms with Gasteiger partial charge in [0.1, 0.15) is 11.6 Å². The Kier molecular flexibility index (Phi) is 8.15. The number of hydrogen-bond acceptors (Lipinski definition) is 5. The molecule has 0 unspecified atom stereocenters. The number of hydrogen-bond donors (Lipinski definition) is 0. The van der Waals surface area contributed by atoms with E-state index in [0.29, 0.717) is 30.7 Å². The van der Waals surface area contributed by atoms with Gasteiger partial charge in [-0.1, -0.05) is 0 Å². The van der Waals surface area contributed by atoms with Crippen molar-refractivity contribution >= 4 is 11.9 Å². The van der Waals surface area contributed by atoms with Gasteiger partial charge in [0.05, 0.1) is 25.8 Å². The maximum absolute atomic E-state index is 14.4. The van der Waals surface area contributed by atoms with E-state index >= 15 is 0 Å². The molecule has 1 saturated heterocycles. The van der Waals surface area contributed by atoms with Gasteiger partial charge in [-0.3, -0.25) is 9.69 Å². The average molecular weight is 449 g/mol. The molecular formula is C25H37FN2O4. The van der Waals surface area contributed by atoms with Crippen LogP contribution in [0.25, 0.3) is 0 Å². The van der Waals surface area contributed by atoms with Crippen molar-refractivity contribution in [2.75, 3.05) is 33.4 Å². The first-order chi connectivity index (χ1) is 15.2. The van der Waals surface area contributed by atoms with Gasteiger partial charge in [0.25, 0.3) is 0 Å². The van der Waals surface area contributed by atoms with E-state index < -0.39 is 11.8 Å². The lowest BCUT2D eigenvalue weighted by Crippen LogP contribution is -2.48. The number of likely N-dealkylation sites (tertiary alicyclic amines) is 1. The first-order valence-corrected chi connectivity index (χ1v) is 11.8. The van der Waals surface area contributed by atoms with E-state index in [9.17, 15) is 14.0 Å². The van der Waals surface area contributed by atoms with E-state index in [2.05, 4.69) is 32.6 Å². The Hall–Kier alpha value is -2.15. The Bertz CT molecular complexity index is 806. The van der Waals surface area contributed by atoms with Gasteiger partial charge >= 0.3 is 5.97 Å². The van der Waals surface area contributed by atoms with Gasteiger partial charge in [-0.2, -0.15) is 0 Å². The molecule has 7 heteroatoms. The maximum Gasteiger partial charge on any atom is 0.340 e. The standard InChI is InChI=1S/C25H37FN2O4/c1-16(2)28(17(3)4)24(29)14-27-10-8-18(9-11-27)15-32-23-13-22(26)21(25(30)31-5)12-20(23)19-6-7-19/h12-13,16-19H,6-11,14-15H2,1-5H3. The SMILES string of the molecule is COC(=O)c1cc(C2CC2)c(OCC2CCN(CC(=O)N(C(C)C)C(C)C)CC2)cc1F. The molecule has 0 atom stereocenters. The quantitative estimate of drug-likeness (QED) is 0.529. The van der Waals surface area contributed by atoms with Crippen LogP contribution in [0.3, 0.4) is 0 Å². The van der Waals surface area contributed by atoms with Crippen LogP contribution in [0.15, 0.2) is 12.1 Å². The summed E-state index contributed by atoms with van der Waals surface area (Å²) in [5.74, 6) is 0.144. The number of methoxy groups -OCH3 is 1. The summed E-state index contributed by atoms with van der Waals surface area (Å²) in [4.78, 5) is 28.7. The molecule has 0 N–H and O–H groups in total. The van der Waals surface area contributed by atoms with Crippen molar-refractivity contribution in [1.82, 2.24) is 9.80 Å². The number of ether oxygens (including phenoxy) is 2. The molecule has 1 aliphatic heterocycles. The molecule has 32 heavy (non-hydrogen) atoms. The van der Waals surface area contributed by atoms with Crippen LogP contribution >= 0.6 is 0 Å². The molecule has 1 heterocycles. The van der Waals surface area contributed by atoms with Crippen LogP contribution in [0, 0.1) is 11.7 Å². The Morgan fingerprint density at radius 3 is 2.25 bits per heavy atom. The minimum atomic E-state index is -0.661. The van der Waals surface area contributed by atoms with Crippen molar-refractivity contribution in [3.63, 3.8) is 0 Å². The van der Waals surface area contributed by atoms with Crippen molar-refractivity contribution in [3.05, 3.63) is 29.1 Å². The van der Waals surface area contributed by atoms with Crippen LogP contribution in [0.2, 0.25) is 0 Å². The summed E-state index contributed by atoms with van der Waals surface area (Å²) in [6, 6.07) is 3.32. The minimum Gasteiger partial charge on any atom is -0.493 e. The molecule has 6 nitrogen and oxygen atoms in total. The fraction of sp³-hybridized carbons (Fsp3) is 0.680. The molecule has 1 aromatic rings. The van der Waals surface area contributed by atoms with Gasteiger partial charge in [0.15, 0.2) is 0 Å². The second kappa shape index (κ2) is 10.6. The highest BCUT2D eigenvalue weighted by molar-refractivity contribution is 5.90. The van der Waals surface area contributed by atoms with E-state index in [1.165, 1.54) is 13.2 Å². The molecule has 0 aromatic heterocycles. The van der Waals surface area contributed by atoms with Crippen LogP contribution in [0.4, 0.5) is 4.39 Å². The van der Waals surface area contributed by atoms with Gasteiger partial charge in [-0.05, 0) is 89.9 Å². The van der Waals surface area contributed by atoms with Crippen molar-refractivity contribution in [3.8, 4) is 5.75 Å². The summed E-state index contributed by atoms with van der Waals surface area (Å²) < 4.78 is 25.2. The third kappa shape index (κ3) is 6.00. The van der Waals surface area contributed by atoms with Gasteiger partial charge in [-0.25, -0.2) is 9.18 Å². The van der Waals surface area contributed by atoms with Crippen LogP contribution in [-0.2, 0) is 9.53 Å². The van der Waals surface area contributed by atoms with Crippen molar-refractivity contribution in [2.24, 2.45) is 5.92 Å². The molecule has 2 fully saturated rings. The topological polar surface area (TPSA) is 59.1 Å². The molecule has 3 rings (SSSR count). The summed E-state index contributed by atoms with van der Waals surface area (Å²) in [6.45, 7) is 10.9. The van der Waals surface area contributed by atoms with Crippen LogP contribution < -0.4 is 4.74 Å². The van der Waals surface area contributed by atoms with E-state index in [1.54, 1.807) is 6.07 Å². The fourth-order valence-electron chi connectivity index (χ4n) is 4.64. The van der Waals surface area contributed by atoms with E-state index in [0.717, 1.165) is 44.3 Å². The highest BCUT2D eigenvalue weighted by Crippen LogP contribution is 2.45. The number of rotatable bonds is 9. The number of amides is 1. The van der Waals surface area contributed by atoms with Crippen LogP contribution in [0.5, 0.6) is 5.75 Å². The lowest BCUT2D eigenvalue weighted by Gasteiger charge is -2.36. The van der Waals surface area contributed by atoms with Gasteiger partial charge in [0, 0.05) is 18.2 Å². The van der Waals surface area contributed by atoms with Crippen molar-refractivity contribution < 1.29 is 23.5 Å². The average Bonchev–Trinajstić information content (AvgIpc) is 3.57. The molecule has 1 aromatic carbocycles. The number of carbonyl (C=O) groups is 2. The van der Waals surface area contributed by atoms with Gasteiger partial charge in [0.2, 0.25) is 5.91 Å². The number of benzene rings is 1. The summed E-state index contributed by atoms with van der Waals surface area (Å²) in [5, 5.41) is 0. The highest BCUT2D eigenvalue weighted by atomic mass is 19.1.